The SMILES string of the molecule is CCC(CC)C(=O)Nc1nnc(-c2cc(N)ccc2F)s1. The number of hydrogen-bond acceptors (Lipinski definition) is 5. The largest absolute Gasteiger partial charge is 0.399 e. The van der Waals surface area contributed by atoms with Crippen molar-refractivity contribution in [1.82, 2.24) is 10.2 Å². The van der Waals surface area contributed by atoms with Gasteiger partial charge in [0.15, 0.2) is 5.01 Å². The molecule has 2 rings (SSSR count). The van der Waals surface area contributed by atoms with E-state index in [1.807, 2.05) is 13.8 Å². The quantitative estimate of drug-likeness (QED) is 0.830. The van der Waals surface area contributed by atoms with Gasteiger partial charge in [0.1, 0.15) is 5.82 Å². The molecule has 1 amide bonds. The van der Waals surface area contributed by atoms with Crippen molar-refractivity contribution < 1.29 is 9.18 Å². The summed E-state index contributed by atoms with van der Waals surface area (Å²) in [6, 6.07) is 4.27. The monoisotopic (exact) mass is 308 g/mol. The van der Waals surface area contributed by atoms with Gasteiger partial charge in [-0.2, -0.15) is 0 Å². The van der Waals surface area contributed by atoms with E-state index >= 15 is 0 Å². The lowest BCUT2D eigenvalue weighted by molar-refractivity contribution is -0.120. The minimum atomic E-state index is -0.418. The van der Waals surface area contributed by atoms with Crippen LogP contribution in [-0.2, 0) is 4.79 Å². The zero-order valence-electron chi connectivity index (χ0n) is 11.9. The van der Waals surface area contributed by atoms with E-state index in [2.05, 4.69) is 15.5 Å². The van der Waals surface area contributed by atoms with E-state index in [0.717, 1.165) is 24.2 Å². The molecule has 0 unspecified atom stereocenters. The van der Waals surface area contributed by atoms with Gasteiger partial charge in [0.25, 0.3) is 0 Å². The Morgan fingerprint density at radius 3 is 2.76 bits per heavy atom. The van der Waals surface area contributed by atoms with Crippen LogP contribution in [0.4, 0.5) is 15.2 Å². The molecule has 21 heavy (non-hydrogen) atoms. The predicted octanol–water partition coefficient (Wildman–Crippen LogP) is 3.30. The van der Waals surface area contributed by atoms with E-state index in [0.29, 0.717) is 15.8 Å². The molecule has 0 spiro atoms. The Bertz CT molecular complexity index is 640. The fourth-order valence-electron chi connectivity index (χ4n) is 1.96. The van der Waals surface area contributed by atoms with Gasteiger partial charge in [-0.3, -0.25) is 4.79 Å². The van der Waals surface area contributed by atoms with Gasteiger partial charge in [0.05, 0.1) is 5.56 Å². The second-order valence-electron chi connectivity index (χ2n) is 4.65. The highest BCUT2D eigenvalue weighted by molar-refractivity contribution is 7.18. The highest BCUT2D eigenvalue weighted by Gasteiger charge is 2.17. The Morgan fingerprint density at radius 2 is 2.10 bits per heavy atom. The van der Waals surface area contributed by atoms with E-state index in [9.17, 15) is 9.18 Å². The van der Waals surface area contributed by atoms with Crippen LogP contribution in [0, 0.1) is 11.7 Å². The van der Waals surface area contributed by atoms with E-state index in [1.54, 1.807) is 0 Å². The number of nitrogens with one attached hydrogen (secondary N) is 1. The van der Waals surface area contributed by atoms with Crippen molar-refractivity contribution in [3.63, 3.8) is 0 Å². The molecular weight excluding hydrogens is 291 g/mol. The van der Waals surface area contributed by atoms with Crippen molar-refractivity contribution in [1.29, 1.82) is 0 Å². The molecule has 0 atom stereocenters. The van der Waals surface area contributed by atoms with Crippen molar-refractivity contribution >= 4 is 28.1 Å². The Morgan fingerprint density at radius 1 is 1.38 bits per heavy atom. The fraction of sp³-hybridized carbons (Fsp3) is 0.357. The molecule has 7 heteroatoms. The second kappa shape index (κ2) is 6.62. The van der Waals surface area contributed by atoms with Crippen LogP contribution < -0.4 is 11.1 Å². The first kappa shape index (κ1) is 15.4. The lowest BCUT2D eigenvalue weighted by atomic mass is 10.0. The van der Waals surface area contributed by atoms with Crippen LogP contribution in [0.1, 0.15) is 26.7 Å². The molecule has 0 radical (unpaired) electrons. The van der Waals surface area contributed by atoms with Crippen LogP contribution in [-0.4, -0.2) is 16.1 Å². The molecule has 1 aromatic carbocycles. The normalized spacial score (nSPS) is 10.9. The number of aromatic nitrogens is 2. The number of carbonyl (C=O) groups excluding carboxylic acids is 1. The summed E-state index contributed by atoms with van der Waals surface area (Å²) in [6.45, 7) is 3.92. The summed E-state index contributed by atoms with van der Waals surface area (Å²) in [7, 11) is 0. The number of amides is 1. The number of hydrogen-bond donors (Lipinski definition) is 2. The van der Waals surface area contributed by atoms with Gasteiger partial charge in [-0.15, -0.1) is 10.2 Å². The van der Waals surface area contributed by atoms with Gasteiger partial charge in [-0.05, 0) is 31.0 Å². The summed E-state index contributed by atoms with van der Waals surface area (Å²) in [5.41, 5.74) is 6.38. The van der Waals surface area contributed by atoms with Crippen LogP contribution in [0.2, 0.25) is 0 Å². The molecule has 0 aliphatic carbocycles. The van der Waals surface area contributed by atoms with Crippen molar-refractivity contribution in [2.24, 2.45) is 5.92 Å². The number of nitrogens with two attached hydrogens (primary N) is 1. The smallest absolute Gasteiger partial charge is 0.229 e. The number of nitrogen functional groups attached to an aromatic ring is 1. The maximum Gasteiger partial charge on any atom is 0.229 e. The van der Waals surface area contributed by atoms with Gasteiger partial charge in [-0.25, -0.2) is 4.39 Å². The fourth-order valence-corrected chi connectivity index (χ4v) is 2.72. The highest BCUT2D eigenvalue weighted by Crippen LogP contribution is 2.30. The Hall–Kier alpha value is -2.02. The van der Waals surface area contributed by atoms with Crippen molar-refractivity contribution in [2.75, 3.05) is 11.1 Å². The maximum atomic E-state index is 13.8. The summed E-state index contributed by atoms with van der Waals surface area (Å²) < 4.78 is 13.8. The average Bonchev–Trinajstić information content (AvgIpc) is 2.91. The molecule has 0 aliphatic rings. The molecule has 112 valence electrons. The Kier molecular flexibility index (Phi) is 4.85. The molecule has 2 aromatic rings. The van der Waals surface area contributed by atoms with Crippen LogP contribution >= 0.6 is 11.3 Å². The van der Waals surface area contributed by atoms with Crippen LogP contribution in [0.5, 0.6) is 0 Å². The summed E-state index contributed by atoms with van der Waals surface area (Å²) in [4.78, 5) is 12.0. The molecule has 0 saturated carbocycles. The minimum absolute atomic E-state index is 0.0542. The standard InChI is InChI=1S/C14H17FN4OS/c1-3-8(4-2)12(20)17-14-19-18-13(21-14)10-7-9(16)5-6-11(10)15/h5-8H,3-4,16H2,1-2H3,(H,17,19,20). The number of halogens is 1. The van der Waals surface area contributed by atoms with Gasteiger partial charge in [0, 0.05) is 11.6 Å². The molecular formula is C14H17FN4OS. The zero-order valence-corrected chi connectivity index (χ0v) is 12.7. The lowest BCUT2D eigenvalue weighted by Crippen LogP contribution is -2.21. The number of carbonyl (C=O) groups is 1. The molecule has 0 saturated heterocycles. The van der Waals surface area contributed by atoms with E-state index < -0.39 is 5.82 Å². The lowest BCUT2D eigenvalue weighted by Gasteiger charge is -2.09. The van der Waals surface area contributed by atoms with Crippen molar-refractivity contribution in [2.45, 2.75) is 26.7 Å². The van der Waals surface area contributed by atoms with Crippen LogP contribution in [0.3, 0.4) is 0 Å². The zero-order chi connectivity index (χ0) is 15.4. The maximum absolute atomic E-state index is 13.8. The van der Waals surface area contributed by atoms with Gasteiger partial charge < -0.3 is 11.1 Å². The number of benzene rings is 1. The first-order chi connectivity index (χ1) is 10.0. The highest BCUT2D eigenvalue weighted by atomic mass is 32.1. The summed E-state index contributed by atoms with van der Waals surface area (Å²) in [5, 5.41) is 11.3. The van der Waals surface area contributed by atoms with Crippen LogP contribution in [0.15, 0.2) is 18.2 Å². The summed E-state index contributed by atoms with van der Waals surface area (Å²) in [6.07, 6.45) is 1.52. The molecule has 0 bridgehead atoms. The number of nitrogens with zero attached hydrogens (tertiary/aromatic N) is 2. The number of anilines is 2. The number of rotatable bonds is 5. The van der Waals surface area contributed by atoms with Crippen LogP contribution in [0.25, 0.3) is 10.6 Å². The Balaban J connectivity index is 2.18. The first-order valence-electron chi connectivity index (χ1n) is 6.74. The third-order valence-corrected chi connectivity index (χ3v) is 4.10. The van der Waals surface area contributed by atoms with Crippen molar-refractivity contribution in [3.8, 4) is 10.6 Å². The van der Waals surface area contributed by atoms with Gasteiger partial charge in [0.2, 0.25) is 11.0 Å². The topological polar surface area (TPSA) is 80.9 Å². The molecule has 3 N–H and O–H groups in total. The average molecular weight is 308 g/mol. The van der Waals surface area contributed by atoms with Gasteiger partial charge in [-0.1, -0.05) is 25.2 Å². The molecule has 0 aliphatic heterocycles. The third kappa shape index (κ3) is 3.55. The molecule has 5 nitrogen and oxygen atoms in total. The van der Waals surface area contributed by atoms with Crippen molar-refractivity contribution in [3.05, 3.63) is 24.0 Å². The Labute approximate surface area is 126 Å². The molecule has 0 fully saturated rings. The second-order valence-corrected chi connectivity index (χ2v) is 5.63. The van der Waals surface area contributed by atoms with E-state index in [-0.39, 0.29) is 17.4 Å². The van der Waals surface area contributed by atoms with E-state index in [1.165, 1.54) is 18.2 Å². The molecule has 1 heterocycles. The summed E-state index contributed by atoms with van der Waals surface area (Å²) in [5.74, 6) is -0.560. The molecule has 1 aromatic heterocycles. The third-order valence-electron chi connectivity index (χ3n) is 3.23. The van der Waals surface area contributed by atoms with E-state index in [4.69, 9.17) is 5.73 Å². The summed E-state index contributed by atoms with van der Waals surface area (Å²) >= 11 is 1.13. The minimum Gasteiger partial charge on any atom is -0.399 e. The van der Waals surface area contributed by atoms with Gasteiger partial charge >= 0.3 is 0 Å². The first-order valence-corrected chi connectivity index (χ1v) is 7.56. The predicted molar refractivity (Wildman–Crippen MR) is 82.4 cm³/mol.